The molecule has 0 amide bonds. The van der Waals surface area contributed by atoms with E-state index in [1.165, 1.54) is 0 Å². The Hall–Kier alpha value is -0.0800. The van der Waals surface area contributed by atoms with Crippen molar-refractivity contribution in [2.45, 2.75) is 32.4 Å². The Labute approximate surface area is 58.0 Å². The summed E-state index contributed by atoms with van der Waals surface area (Å²) in [7, 11) is 3.96. The van der Waals surface area contributed by atoms with Crippen LogP contribution >= 0.6 is 0 Å². The Balaban J connectivity index is 3.80. The Bertz CT molecular complexity index is 79.0. The summed E-state index contributed by atoms with van der Waals surface area (Å²) < 4.78 is 0. The first-order valence-corrected chi connectivity index (χ1v) is 3.40. The average Bonchev–Trinajstić information content (AvgIpc) is 1.86. The molecule has 0 bridgehead atoms. The van der Waals surface area contributed by atoms with E-state index in [2.05, 4.69) is 31.4 Å². The van der Waals surface area contributed by atoms with Crippen molar-refractivity contribution in [3.63, 3.8) is 0 Å². The fraction of sp³-hybridized carbons (Fsp3) is 1.00. The van der Waals surface area contributed by atoms with Crippen LogP contribution in [0.2, 0.25) is 0 Å². The second-order valence-corrected chi connectivity index (χ2v) is 2.98. The number of hydrogen-bond acceptors (Lipinski definition) is 2. The summed E-state index contributed by atoms with van der Waals surface area (Å²) in [6, 6.07) is 0.502. The van der Waals surface area contributed by atoms with E-state index in [4.69, 9.17) is 0 Å². The lowest BCUT2D eigenvalue weighted by Crippen LogP contribution is -2.51. The molecule has 0 aromatic heterocycles. The van der Waals surface area contributed by atoms with Gasteiger partial charge >= 0.3 is 0 Å². The SMILES string of the molecule is CNC(C)C(C)(C)NC. The van der Waals surface area contributed by atoms with Crippen LogP contribution in [0, 0.1) is 0 Å². The average molecular weight is 130 g/mol. The lowest BCUT2D eigenvalue weighted by atomic mass is 9.97. The molecule has 1 unspecified atom stereocenters. The highest BCUT2D eigenvalue weighted by Gasteiger charge is 2.21. The molecule has 9 heavy (non-hydrogen) atoms. The molecule has 2 heteroatoms. The Morgan fingerprint density at radius 1 is 1.22 bits per heavy atom. The van der Waals surface area contributed by atoms with E-state index in [1.54, 1.807) is 0 Å². The van der Waals surface area contributed by atoms with Gasteiger partial charge in [-0.05, 0) is 34.9 Å². The van der Waals surface area contributed by atoms with Gasteiger partial charge in [0.15, 0.2) is 0 Å². The van der Waals surface area contributed by atoms with Gasteiger partial charge in [-0.1, -0.05) is 0 Å². The summed E-state index contributed by atoms with van der Waals surface area (Å²) in [6.07, 6.45) is 0. The fourth-order valence-corrected chi connectivity index (χ4v) is 0.577. The standard InChI is InChI=1S/C7H18N2/c1-6(8-4)7(2,3)9-5/h6,8-9H,1-5H3. The zero-order valence-corrected chi connectivity index (χ0v) is 7.08. The molecule has 0 aliphatic heterocycles. The van der Waals surface area contributed by atoms with Gasteiger partial charge in [-0.3, -0.25) is 0 Å². The third kappa shape index (κ3) is 2.33. The number of rotatable bonds is 3. The summed E-state index contributed by atoms with van der Waals surface area (Å²) in [5.74, 6) is 0. The number of hydrogen-bond donors (Lipinski definition) is 2. The summed E-state index contributed by atoms with van der Waals surface area (Å²) in [4.78, 5) is 0. The van der Waals surface area contributed by atoms with Crippen LogP contribution in [0.3, 0.4) is 0 Å². The van der Waals surface area contributed by atoms with Crippen molar-refractivity contribution in [3.8, 4) is 0 Å². The Morgan fingerprint density at radius 2 is 1.67 bits per heavy atom. The molecule has 0 saturated carbocycles. The van der Waals surface area contributed by atoms with Gasteiger partial charge in [-0.15, -0.1) is 0 Å². The van der Waals surface area contributed by atoms with E-state index in [0.29, 0.717) is 6.04 Å². The molecule has 0 rings (SSSR count). The van der Waals surface area contributed by atoms with E-state index < -0.39 is 0 Å². The maximum absolute atomic E-state index is 3.23. The van der Waals surface area contributed by atoms with Gasteiger partial charge in [0.1, 0.15) is 0 Å². The lowest BCUT2D eigenvalue weighted by molar-refractivity contribution is 0.324. The molecule has 0 aromatic rings. The predicted molar refractivity (Wildman–Crippen MR) is 41.7 cm³/mol. The molecule has 1 atom stereocenters. The quantitative estimate of drug-likeness (QED) is 0.584. The maximum atomic E-state index is 3.23. The van der Waals surface area contributed by atoms with Crippen LogP contribution in [0.15, 0.2) is 0 Å². The first-order valence-electron chi connectivity index (χ1n) is 3.40. The minimum Gasteiger partial charge on any atom is -0.315 e. The van der Waals surface area contributed by atoms with Gasteiger partial charge in [0, 0.05) is 11.6 Å². The summed E-state index contributed by atoms with van der Waals surface area (Å²) in [5.41, 5.74) is 0.189. The molecule has 0 spiro atoms. The van der Waals surface area contributed by atoms with Crippen LogP contribution in [0.1, 0.15) is 20.8 Å². The van der Waals surface area contributed by atoms with Crippen LogP contribution in [0.4, 0.5) is 0 Å². The molecule has 0 heterocycles. The summed E-state index contributed by atoms with van der Waals surface area (Å²) >= 11 is 0. The van der Waals surface area contributed by atoms with Crippen LogP contribution in [0.5, 0.6) is 0 Å². The zero-order chi connectivity index (χ0) is 7.49. The molecule has 0 saturated heterocycles. The molecule has 0 aliphatic carbocycles. The monoisotopic (exact) mass is 130 g/mol. The second kappa shape index (κ2) is 3.18. The third-order valence-corrected chi connectivity index (χ3v) is 2.16. The highest BCUT2D eigenvalue weighted by molar-refractivity contribution is 4.85. The largest absolute Gasteiger partial charge is 0.315 e. The van der Waals surface area contributed by atoms with Crippen molar-refractivity contribution in [1.29, 1.82) is 0 Å². The highest BCUT2D eigenvalue weighted by atomic mass is 15.0. The van der Waals surface area contributed by atoms with E-state index in [-0.39, 0.29) is 5.54 Å². The van der Waals surface area contributed by atoms with Crippen molar-refractivity contribution in [2.24, 2.45) is 0 Å². The molecule has 56 valence electrons. The van der Waals surface area contributed by atoms with Crippen molar-refractivity contribution in [1.82, 2.24) is 10.6 Å². The molecule has 0 aliphatic rings. The Kier molecular flexibility index (Phi) is 3.15. The minimum atomic E-state index is 0.189. The smallest absolute Gasteiger partial charge is 0.0272 e. The van der Waals surface area contributed by atoms with Gasteiger partial charge in [-0.25, -0.2) is 0 Å². The van der Waals surface area contributed by atoms with E-state index >= 15 is 0 Å². The fourth-order valence-electron chi connectivity index (χ4n) is 0.577. The number of likely N-dealkylation sites (N-methyl/N-ethyl adjacent to an activating group) is 2. The molecular formula is C7H18N2. The normalized spacial score (nSPS) is 15.7. The minimum absolute atomic E-state index is 0.189. The number of nitrogens with one attached hydrogen (secondary N) is 2. The van der Waals surface area contributed by atoms with Crippen molar-refractivity contribution in [2.75, 3.05) is 14.1 Å². The maximum Gasteiger partial charge on any atom is 0.0272 e. The molecule has 0 fully saturated rings. The molecule has 2 N–H and O–H groups in total. The topological polar surface area (TPSA) is 24.1 Å². The lowest BCUT2D eigenvalue weighted by Gasteiger charge is -2.30. The molecule has 0 aromatic carbocycles. The van der Waals surface area contributed by atoms with E-state index in [1.807, 2.05) is 14.1 Å². The van der Waals surface area contributed by atoms with Crippen LogP contribution in [-0.2, 0) is 0 Å². The van der Waals surface area contributed by atoms with Crippen molar-refractivity contribution >= 4 is 0 Å². The van der Waals surface area contributed by atoms with Gasteiger partial charge in [-0.2, -0.15) is 0 Å². The molecule has 0 radical (unpaired) electrons. The first kappa shape index (κ1) is 8.92. The second-order valence-electron chi connectivity index (χ2n) is 2.98. The van der Waals surface area contributed by atoms with Gasteiger partial charge < -0.3 is 10.6 Å². The zero-order valence-electron chi connectivity index (χ0n) is 7.08. The first-order chi connectivity index (χ1) is 4.04. The third-order valence-electron chi connectivity index (χ3n) is 2.16. The van der Waals surface area contributed by atoms with Crippen LogP contribution in [-0.4, -0.2) is 25.7 Å². The van der Waals surface area contributed by atoms with Crippen molar-refractivity contribution < 1.29 is 0 Å². The predicted octanol–water partition coefficient (Wildman–Crippen LogP) is 0.592. The summed E-state index contributed by atoms with van der Waals surface area (Å²) in [5, 5.41) is 6.42. The van der Waals surface area contributed by atoms with Crippen LogP contribution in [0.25, 0.3) is 0 Å². The van der Waals surface area contributed by atoms with Crippen LogP contribution < -0.4 is 10.6 Å². The Morgan fingerprint density at radius 3 is 1.78 bits per heavy atom. The van der Waals surface area contributed by atoms with E-state index in [9.17, 15) is 0 Å². The highest BCUT2D eigenvalue weighted by Crippen LogP contribution is 2.05. The molecular weight excluding hydrogens is 112 g/mol. The van der Waals surface area contributed by atoms with E-state index in [0.717, 1.165) is 0 Å². The molecule has 2 nitrogen and oxygen atoms in total. The van der Waals surface area contributed by atoms with Crippen molar-refractivity contribution in [3.05, 3.63) is 0 Å². The van der Waals surface area contributed by atoms with Gasteiger partial charge in [0.25, 0.3) is 0 Å². The van der Waals surface area contributed by atoms with Gasteiger partial charge in [0.05, 0.1) is 0 Å². The van der Waals surface area contributed by atoms with Gasteiger partial charge in [0.2, 0.25) is 0 Å². The summed E-state index contributed by atoms with van der Waals surface area (Å²) in [6.45, 7) is 6.51.